The second-order valence-electron chi connectivity index (χ2n) is 13.0. The summed E-state index contributed by atoms with van der Waals surface area (Å²) in [6.45, 7) is 6.60. The monoisotopic (exact) mass is 703 g/mol. The van der Waals surface area contributed by atoms with Crippen molar-refractivity contribution in [1.29, 1.82) is 0 Å². The summed E-state index contributed by atoms with van der Waals surface area (Å²) in [5.74, 6) is -2.23. The van der Waals surface area contributed by atoms with E-state index in [0.29, 0.717) is 44.7 Å². The topological polar surface area (TPSA) is 195 Å². The molecular formula is C35H31N2O10S2-. The lowest BCUT2D eigenvalue weighted by atomic mass is 9.79. The van der Waals surface area contributed by atoms with Crippen LogP contribution in [0.3, 0.4) is 0 Å². The number of allylic oxidation sites excluding steroid dienone is 4. The third-order valence-corrected chi connectivity index (χ3v) is 11.1. The molecule has 0 fully saturated rings. The second kappa shape index (κ2) is 11.3. The summed E-state index contributed by atoms with van der Waals surface area (Å²) in [4.78, 5) is 25.0. The lowest BCUT2D eigenvalue weighted by Gasteiger charge is -2.26. The van der Waals surface area contributed by atoms with E-state index in [2.05, 4.69) is 0 Å². The molecule has 4 aromatic rings. The lowest BCUT2D eigenvalue weighted by molar-refractivity contribution is -0.427. The van der Waals surface area contributed by atoms with Crippen LogP contribution in [0.1, 0.15) is 38.8 Å². The first kappa shape index (κ1) is 34.0. The highest BCUT2D eigenvalue weighted by Crippen LogP contribution is 2.51. The highest BCUT2D eigenvalue weighted by Gasteiger charge is 2.47. The van der Waals surface area contributed by atoms with Gasteiger partial charge in [0.15, 0.2) is 5.71 Å². The molecule has 4 aromatic carbocycles. The first-order valence-corrected chi connectivity index (χ1v) is 17.9. The SMILES string of the molecule is CC1(C)C(/C=C/C=C2/N(CC(=O)O)c3ccc4c(S(=O)(=O)[O-])cccc4c3C2(C)C)=[N+](CC(=O)O)c2ccc3c(S(=O)(=O)[O-])cccc3c21. The van der Waals surface area contributed by atoms with E-state index in [0.717, 1.165) is 0 Å². The minimum Gasteiger partial charge on any atom is -0.744 e. The van der Waals surface area contributed by atoms with Gasteiger partial charge in [-0.25, -0.2) is 21.6 Å². The van der Waals surface area contributed by atoms with Crippen LogP contribution in [0.15, 0.2) is 94.4 Å². The number of carboxylic acids is 2. The quantitative estimate of drug-likeness (QED) is 0.193. The van der Waals surface area contributed by atoms with Gasteiger partial charge in [0, 0.05) is 34.5 Å². The molecule has 0 spiro atoms. The van der Waals surface area contributed by atoms with Gasteiger partial charge in [0.05, 0.1) is 15.2 Å². The van der Waals surface area contributed by atoms with E-state index in [1.807, 2.05) is 27.7 Å². The maximum absolute atomic E-state index is 12.1. The van der Waals surface area contributed by atoms with Crippen molar-refractivity contribution in [3.8, 4) is 0 Å². The van der Waals surface area contributed by atoms with Crippen molar-refractivity contribution in [1.82, 2.24) is 0 Å². The number of carbonyl (C=O) groups is 2. The summed E-state index contributed by atoms with van der Waals surface area (Å²) in [5, 5.41) is 21.1. The van der Waals surface area contributed by atoms with Gasteiger partial charge in [0.25, 0.3) is 0 Å². The van der Waals surface area contributed by atoms with Crippen LogP contribution in [0.2, 0.25) is 0 Å². The van der Waals surface area contributed by atoms with Gasteiger partial charge in [-0.3, -0.25) is 4.79 Å². The van der Waals surface area contributed by atoms with E-state index >= 15 is 0 Å². The van der Waals surface area contributed by atoms with Crippen molar-refractivity contribution in [3.63, 3.8) is 0 Å². The van der Waals surface area contributed by atoms with Gasteiger partial charge in [-0.15, -0.1) is 0 Å². The Morgan fingerprint density at radius 3 is 1.84 bits per heavy atom. The predicted octanol–water partition coefficient (Wildman–Crippen LogP) is 4.58. The molecule has 0 saturated carbocycles. The van der Waals surface area contributed by atoms with Crippen LogP contribution in [0, 0.1) is 0 Å². The van der Waals surface area contributed by atoms with Crippen molar-refractivity contribution in [2.45, 2.75) is 48.3 Å². The molecule has 6 rings (SSSR count). The van der Waals surface area contributed by atoms with E-state index in [4.69, 9.17) is 0 Å². The molecule has 0 amide bonds. The number of fused-ring (bicyclic) bond motifs is 6. The summed E-state index contributed by atoms with van der Waals surface area (Å²) >= 11 is 0. The average molecular weight is 704 g/mol. The third kappa shape index (κ3) is 5.50. The molecule has 2 aliphatic rings. The molecule has 0 aromatic heterocycles. The molecule has 14 heteroatoms. The van der Waals surface area contributed by atoms with Crippen LogP contribution >= 0.6 is 0 Å². The molecule has 0 bridgehead atoms. The molecule has 2 heterocycles. The van der Waals surface area contributed by atoms with Crippen molar-refractivity contribution >= 4 is 70.8 Å². The van der Waals surface area contributed by atoms with Crippen LogP contribution in [-0.4, -0.2) is 71.5 Å². The van der Waals surface area contributed by atoms with Gasteiger partial charge in [-0.1, -0.05) is 50.3 Å². The van der Waals surface area contributed by atoms with Crippen LogP contribution < -0.4 is 4.90 Å². The standard InChI is InChI=1S/C35H32N2O10S2/c1-34(2)28(36(18-30(38)39)24-16-14-20-22(32(24)34)8-5-10-26(20)48(42,43)44)12-7-13-29-35(3,4)33-23-9-6-11-27(49(45,46)47)21(23)15-17-25(33)37(29)19-31(40)41/h5-17H,18-19H2,1-4H3,(H3-,38,39,40,41,42,43,44,45,46,47)/p-1. The number of hydrogen-bond donors (Lipinski definition) is 2. The molecular weight excluding hydrogens is 673 g/mol. The van der Waals surface area contributed by atoms with Gasteiger partial charge in [0.2, 0.25) is 12.2 Å². The largest absolute Gasteiger partial charge is 0.744 e. The minimum atomic E-state index is -4.80. The molecule has 0 saturated heterocycles. The molecule has 0 atom stereocenters. The number of nitrogens with zero attached hydrogens (tertiary/aromatic N) is 2. The molecule has 2 N–H and O–H groups in total. The van der Waals surface area contributed by atoms with E-state index in [1.165, 1.54) is 36.4 Å². The first-order chi connectivity index (χ1) is 22.8. The molecule has 0 aliphatic carbocycles. The molecule has 0 radical (unpaired) electrons. The Balaban J connectivity index is 1.52. The Labute approximate surface area is 282 Å². The number of rotatable bonds is 8. The van der Waals surface area contributed by atoms with Gasteiger partial charge >= 0.3 is 11.9 Å². The van der Waals surface area contributed by atoms with Crippen molar-refractivity contribution in [3.05, 3.63) is 95.7 Å². The van der Waals surface area contributed by atoms with Gasteiger partial charge in [0.1, 0.15) is 26.8 Å². The first-order valence-electron chi connectivity index (χ1n) is 15.1. The van der Waals surface area contributed by atoms with E-state index in [9.17, 15) is 45.7 Å². The normalized spacial score (nSPS) is 17.8. The maximum atomic E-state index is 12.1. The summed E-state index contributed by atoms with van der Waals surface area (Å²) in [5.41, 5.74) is 1.69. The number of hydrogen-bond acceptors (Lipinski definition) is 9. The third-order valence-electron chi connectivity index (χ3n) is 9.33. The van der Waals surface area contributed by atoms with Crippen LogP contribution in [0.25, 0.3) is 21.5 Å². The fourth-order valence-electron chi connectivity index (χ4n) is 7.46. The predicted molar refractivity (Wildman–Crippen MR) is 180 cm³/mol. The molecule has 2 aliphatic heterocycles. The van der Waals surface area contributed by atoms with Crippen molar-refractivity contribution in [2.75, 3.05) is 18.0 Å². The highest BCUT2D eigenvalue weighted by molar-refractivity contribution is 7.86. The van der Waals surface area contributed by atoms with Crippen molar-refractivity contribution in [2.24, 2.45) is 0 Å². The van der Waals surface area contributed by atoms with Crippen molar-refractivity contribution < 1.29 is 50.3 Å². The van der Waals surface area contributed by atoms with Crippen LogP contribution in [-0.2, 0) is 40.7 Å². The Bertz CT molecular complexity index is 2460. The Morgan fingerprint density at radius 2 is 1.31 bits per heavy atom. The van der Waals surface area contributed by atoms with Gasteiger partial charge in [-0.2, -0.15) is 4.58 Å². The summed E-state index contributed by atoms with van der Waals surface area (Å²) in [6.07, 6.45) is 5.11. The average Bonchev–Trinajstić information content (AvgIpc) is 3.33. The Hall–Kier alpha value is -4.89. The zero-order chi connectivity index (χ0) is 35.8. The van der Waals surface area contributed by atoms with E-state index in [1.54, 1.807) is 52.0 Å². The van der Waals surface area contributed by atoms with Gasteiger partial charge < -0.3 is 24.2 Å². The van der Waals surface area contributed by atoms with E-state index < -0.39 is 56.1 Å². The zero-order valence-electron chi connectivity index (χ0n) is 26.8. The number of anilines is 1. The number of benzene rings is 4. The number of carboxylic acid groups (broad SMARTS) is 2. The minimum absolute atomic E-state index is 0.224. The summed E-state index contributed by atoms with van der Waals surface area (Å²) < 4.78 is 74.0. The van der Waals surface area contributed by atoms with E-state index in [-0.39, 0.29) is 20.6 Å². The molecule has 254 valence electrons. The molecule has 12 nitrogen and oxygen atoms in total. The number of aliphatic carboxylic acids is 2. The van der Waals surface area contributed by atoms with Gasteiger partial charge in [-0.05, 0) is 71.3 Å². The van der Waals surface area contributed by atoms with Crippen LogP contribution in [0.5, 0.6) is 0 Å². The molecule has 0 unspecified atom stereocenters. The summed E-state index contributed by atoms with van der Waals surface area (Å²) in [7, 11) is -9.61. The van der Waals surface area contributed by atoms with Crippen LogP contribution in [0.4, 0.5) is 11.4 Å². The Morgan fingerprint density at radius 1 is 0.755 bits per heavy atom. The molecule has 49 heavy (non-hydrogen) atoms. The lowest BCUT2D eigenvalue weighted by Crippen LogP contribution is -2.31. The summed E-state index contributed by atoms with van der Waals surface area (Å²) in [6, 6.07) is 15.0. The highest BCUT2D eigenvalue weighted by atomic mass is 32.2. The second-order valence-corrected chi connectivity index (χ2v) is 15.7. The smallest absolute Gasteiger partial charge is 0.370 e. The fraction of sp³-hybridized carbons (Fsp3) is 0.229. The Kier molecular flexibility index (Phi) is 7.87. The fourth-order valence-corrected chi connectivity index (χ4v) is 8.85. The maximum Gasteiger partial charge on any atom is 0.370 e. The zero-order valence-corrected chi connectivity index (χ0v) is 28.4.